The number of hydrogen-bond donors (Lipinski definition) is 3. The number of aromatic nitrogens is 1. The second-order valence-corrected chi connectivity index (χ2v) is 4.92. The van der Waals surface area contributed by atoms with E-state index in [9.17, 15) is 19.5 Å². The van der Waals surface area contributed by atoms with Crippen molar-refractivity contribution in [2.45, 2.75) is 25.7 Å². The Morgan fingerprint density at radius 2 is 2.00 bits per heavy atom. The first kappa shape index (κ1) is 13.3. The number of carbonyl (C=O) groups is 2. The molecule has 0 unspecified atom stereocenters. The van der Waals surface area contributed by atoms with Gasteiger partial charge in [-0.1, -0.05) is 12.8 Å². The first-order valence-corrected chi connectivity index (χ1v) is 6.24. The van der Waals surface area contributed by atoms with E-state index in [-0.39, 0.29) is 18.0 Å². The zero-order valence-electron chi connectivity index (χ0n) is 10.4. The Bertz CT molecular complexity index is 523. The van der Waals surface area contributed by atoms with Gasteiger partial charge in [-0.3, -0.25) is 14.4 Å². The molecule has 2 rings (SSSR count). The van der Waals surface area contributed by atoms with Crippen molar-refractivity contribution >= 4 is 11.9 Å². The predicted octanol–water partition coefficient (Wildman–Crippen LogP) is 0.750. The van der Waals surface area contributed by atoms with Crippen LogP contribution in [0, 0.1) is 5.41 Å². The summed E-state index contributed by atoms with van der Waals surface area (Å²) < 4.78 is 0. The van der Waals surface area contributed by atoms with Gasteiger partial charge in [-0.05, 0) is 18.9 Å². The molecule has 0 spiro atoms. The number of carbonyl (C=O) groups excluding carboxylic acids is 1. The summed E-state index contributed by atoms with van der Waals surface area (Å²) in [5.41, 5.74) is -0.801. The fraction of sp³-hybridized carbons (Fsp3) is 0.462. The second-order valence-electron chi connectivity index (χ2n) is 4.92. The van der Waals surface area contributed by atoms with E-state index >= 15 is 0 Å². The number of nitrogens with one attached hydrogen (secondary N) is 2. The molecule has 1 aromatic rings. The van der Waals surface area contributed by atoms with Crippen LogP contribution >= 0.6 is 0 Å². The molecule has 1 heterocycles. The zero-order chi connectivity index (χ0) is 13.9. The third-order valence-corrected chi connectivity index (χ3v) is 3.65. The molecule has 1 fully saturated rings. The lowest BCUT2D eigenvalue weighted by Crippen LogP contribution is -2.41. The van der Waals surface area contributed by atoms with Crippen LogP contribution in [0.3, 0.4) is 0 Å². The number of amides is 1. The molecule has 1 amide bonds. The average molecular weight is 264 g/mol. The van der Waals surface area contributed by atoms with E-state index in [4.69, 9.17) is 0 Å². The maximum atomic E-state index is 11.9. The number of hydrogen-bond acceptors (Lipinski definition) is 3. The number of carboxylic acids is 1. The van der Waals surface area contributed by atoms with Crippen LogP contribution in [0.4, 0.5) is 0 Å². The number of H-pyrrole nitrogens is 1. The predicted molar refractivity (Wildman–Crippen MR) is 67.9 cm³/mol. The highest BCUT2D eigenvalue weighted by molar-refractivity contribution is 5.94. The molecule has 6 nitrogen and oxygen atoms in total. The van der Waals surface area contributed by atoms with Crippen molar-refractivity contribution < 1.29 is 14.7 Å². The summed E-state index contributed by atoms with van der Waals surface area (Å²) in [5, 5.41) is 11.9. The molecular weight excluding hydrogens is 248 g/mol. The number of aliphatic carboxylic acids is 1. The van der Waals surface area contributed by atoms with Gasteiger partial charge in [0.2, 0.25) is 5.56 Å². The second kappa shape index (κ2) is 5.26. The zero-order valence-corrected chi connectivity index (χ0v) is 10.4. The van der Waals surface area contributed by atoms with Gasteiger partial charge in [0.1, 0.15) is 0 Å². The Labute approximate surface area is 109 Å². The lowest BCUT2D eigenvalue weighted by molar-refractivity contribution is -0.148. The van der Waals surface area contributed by atoms with Crippen LogP contribution in [-0.4, -0.2) is 28.5 Å². The molecule has 0 atom stereocenters. The Morgan fingerprint density at radius 1 is 1.32 bits per heavy atom. The highest BCUT2D eigenvalue weighted by Gasteiger charge is 2.41. The largest absolute Gasteiger partial charge is 0.481 e. The Morgan fingerprint density at radius 3 is 2.53 bits per heavy atom. The summed E-state index contributed by atoms with van der Waals surface area (Å²) in [6, 6.07) is 2.67. The molecule has 19 heavy (non-hydrogen) atoms. The Kier molecular flexibility index (Phi) is 3.69. The Balaban J connectivity index is 2.01. The molecule has 1 aliphatic carbocycles. The lowest BCUT2D eigenvalue weighted by Gasteiger charge is -2.23. The SMILES string of the molecule is O=C(NCC1(C(=O)O)CCCC1)c1ccc(=O)[nH]c1. The van der Waals surface area contributed by atoms with Crippen LogP contribution in [0.15, 0.2) is 23.1 Å². The van der Waals surface area contributed by atoms with Crippen molar-refractivity contribution in [1.82, 2.24) is 10.3 Å². The van der Waals surface area contributed by atoms with E-state index in [1.54, 1.807) is 0 Å². The number of aromatic amines is 1. The van der Waals surface area contributed by atoms with E-state index < -0.39 is 11.4 Å². The normalized spacial score (nSPS) is 17.1. The summed E-state index contributed by atoms with van der Waals surface area (Å²) in [7, 11) is 0. The van der Waals surface area contributed by atoms with Crippen molar-refractivity contribution in [1.29, 1.82) is 0 Å². The third-order valence-electron chi connectivity index (χ3n) is 3.65. The molecule has 1 saturated carbocycles. The monoisotopic (exact) mass is 264 g/mol. The lowest BCUT2D eigenvalue weighted by atomic mass is 9.86. The van der Waals surface area contributed by atoms with Gasteiger partial charge < -0.3 is 15.4 Å². The van der Waals surface area contributed by atoms with Gasteiger partial charge in [0.15, 0.2) is 0 Å². The maximum absolute atomic E-state index is 11.9. The topological polar surface area (TPSA) is 99.3 Å². The third kappa shape index (κ3) is 2.83. The van der Waals surface area contributed by atoms with Gasteiger partial charge in [-0.2, -0.15) is 0 Å². The molecule has 0 aromatic carbocycles. The van der Waals surface area contributed by atoms with Crippen LogP contribution < -0.4 is 10.9 Å². The molecule has 0 bridgehead atoms. The van der Waals surface area contributed by atoms with Crippen molar-refractivity contribution in [3.05, 3.63) is 34.2 Å². The van der Waals surface area contributed by atoms with Crippen molar-refractivity contribution in [3.8, 4) is 0 Å². The minimum Gasteiger partial charge on any atom is -0.481 e. The molecule has 6 heteroatoms. The van der Waals surface area contributed by atoms with Crippen molar-refractivity contribution in [2.75, 3.05) is 6.54 Å². The molecule has 0 radical (unpaired) electrons. The molecule has 0 saturated heterocycles. The number of pyridine rings is 1. The Hall–Kier alpha value is -2.11. The molecular formula is C13H16N2O4. The van der Waals surface area contributed by atoms with Gasteiger partial charge in [0, 0.05) is 18.8 Å². The summed E-state index contributed by atoms with van der Waals surface area (Å²) in [5.74, 6) is -1.23. The average Bonchev–Trinajstić information content (AvgIpc) is 2.87. The van der Waals surface area contributed by atoms with E-state index in [0.717, 1.165) is 12.8 Å². The summed E-state index contributed by atoms with van der Waals surface area (Å²) in [4.78, 5) is 36.5. The van der Waals surface area contributed by atoms with Gasteiger partial charge in [0.25, 0.3) is 5.91 Å². The van der Waals surface area contributed by atoms with Gasteiger partial charge in [-0.25, -0.2) is 0 Å². The highest BCUT2D eigenvalue weighted by atomic mass is 16.4. The number of rotatable bonds is 4. The summed E-state index contributed by atoms with van der Waals surface area (Å²) in [6.45, 7) is 0.125. The summed E-state index contributed by atoms with van der Waals surface area (Å²) in [6.07, 6.45) is 4.25. The molecule has 102 valence electrons. The molecule has 1 aliphatic rings. The highest BCUT2D eigenvalue weighted by Crippen LogP contribution is 2.37. The van der Waals surface area contributed by atoms with E-state index in [1.165, 1.54) is 18.3 Å². The van der Waals surface area contributed by atoms with Crippen LogP contribution in [0.1, 0.15) is 36.0 Å². The van der Waals surface area contributed by atoms with Gasteiger partial charge in [0.05, 0.1) is 11.0 Å². The standard InChI is InChI=1S/C13H16N2O4/c16-10-4-3-9(7-14-10)11(17)15-8-13(12(18)19)5-1-2-6-13/h3-4,7H,1-2,5-6,8H2,(H,14,16)(H,15,17)(H,18,19). The van der Waals surface area contributed by atoms with E-state index in [2.05, 4.69) is 10.3 Å². The van der Waals surface area contributed by atoms with Crippen LogP contribution in [0.25, 0.3) is 0 Å². The van der Waals surface area contributed by atoms with Gasteiger partial charge >= 0.3 is 5.97 Å². The smallest absolute Gasteiger partial charge is 0.311 e. The van der Waals surface area contributed by atoms with E-state index in [0.29, 0.717) is 18.4 Å². The fourth-order valence-electron chi connectivity index (χ4n) is 2.42. The van der Waals surface area contributed by atoms with Crippen LogP contribution in [0.5, 0.6) is 0 Å². The molecule has 3 N–H and O–H groups in total. The first-order valence-electron chi connectivity index (χ1n) is 6.24. The van der Waals surface area contributed by atoms with Crippen molar-refractivity contribution in [3.63, 3.8) is 0 Å². The van der Waals surface area contributed by atoms with Gasteiger partial charge in [-0.15, -0.1) is 0 Å². The molecule has 1 aromatic heterocycles. The fourth-order valence-corrected chi connectivity index (χ4v) is 2.42. The van der Waals surface area contributed by atoms with E-state index in [1.807, 2.05) is 0 Å². The summed E-state index contributed by atoms with van der Waals surface area (Å²) >= 11 is 0. The minimum atomic E-state index is -0.855. The van der Waals surface area contributed by atoms with Crippen LogP contribution in [-0.2, 0) is 4.79 Å². The van der Waals surface area contributed by atoms with Crippen molar-refractivity contribution in [2.24, 2.45) is 5.41 Å². The van der Waals surface area contributed by atoms with Crippen LogP contribution in [0.2, 0.25) is 0 Å². The molecule has 0 aliphatic heterocycles. The number of carboxylic acid groups (broad SMARTS) is 1. The quantitative estimate of drug-likeness (QED) is 0.747. The first-order chi connectivity index (χ1) is 9.03. The maximum Gasteiger partial charge on any atom is 0.311 e. The minimum absolute atomic E-state index is 0.125.